The molecule has 6 heteroatoms. The Morgan fingerprint density at radius 1 is 1.38 bits per heavy atom. The fourth-order valence-electron chi connectivity index (χ4n) is 2.09. The lowest BCUT2D eigenvalue weighted by Gasteiger charge is -2.21. The first kappa shape index (κ1) is 15.2. The van der Waals surface area contributed by atoms with Crippen LogP contribution in [-0.2, 0) is 0 Å². The second-order valence-corrected chi connectivity index (χ2v) is 5.29. The molecule has 0 aliphatic carbocycles. The van der Waals surface area contributed by atoms with Gasteiger partial charge in [0, 0.05) is 42.5 Å². The molecule has 0 bridgehead atoms. The van der Waals surface area contributed by atoms with Gasteiger partial charge in [-0.25, -0.2) is 4.98 Å². The fourth-order valence-corrected chi connectivity index (χ4v) is 2.09. The number of fused-ring (bicyclic) bond motifs is 1. The molecule has 0 amide bonds. The van der Waals surface area contributed by atoms with Crippen LogP contribution in [0.1, 0.15) is 13.8 Å². The lowest BCUT2D eigenvalue weighted by Crippen LogP contribution is -2.31. The van der Waals surface area contributed by atoms with E-state index < -0.39 is 4.92 Å². The van der Waals surface area contributed by atoms with Crippen molar-refractivity contribution in [3.05, 3.63) is 40.6 Å². The van der Waals surface area contributed by atoms with E-state index in [9.17, 15) is 10.1 Å². The maximum atomic E-state index is 11.0. The highest BCUT2D eigenvalue weighted by atomic mass is 16.6. The van der Waals surface area contributed by atoms with E-state index in [0.29, 0.717) is 11.6 Å². The van der Waals surface area contributed by atoms with Gasteiger partial charge in [0.25, 0.3) is 5.69 Å². The van der Waals surface area contributed by atoms with E-state index in [-0.39, 0.29) is 5.69 Å². The van der Waals surface area contributed by atoms with Crippen LogP contribution in [-0.4, -0.2) is 41.0 Å². The Morgan fingerprint density at radius 3 is 2.81 bits per heavy atom. The molecular formula is C15H20N4O2. The molecule has 1 aromatic heterocycles. The van der Waals surface area contributed by atoms with Crippen molar-refractivity contribution >= 4 is 22.3 Å². The molecule has 0 saturated carbocycles. The van der Waals surface area contributed by atoms with Crippen LogP contribution in [0.5, 0.6) is 0 Å². The summed E-state index contributed by atoms with van der Waals surface area (Å²) in [6.45, 7) is 5.96. The molecule has 0 radical (unpaired) electrons. The summed E-state index contributed by atoms with van der Waals surface area (Å²) in [6.07, 6.45) is 1.60. The largest absolute Gasteiger partial charge is 0.383 e. The number of nitro benzene ring substituents is 1. The first-order valence-electron chi connectivity index (χ1n) is 6.97. The Morgan fingerprint density at radius 2 is 2.14 bits per heavy atom. The Hall–Kier alpha value is -2.21. The number of nitrogens with one attached hydrogen (secondary N) is 1. The summed E-state index contributed by atoms with van der Waals surface area (Å²) in [5.41, 5.74) is 1.33. The van der Waals surface area contributed by atoms with E-state index in [4.69, 9.17) is 0 Å². The summed E-state index contributed by atoms with van der Waals surface area (Å²) in [7, 11) is 2.07. The van der Waals surface area contributed by atoms with Gasteiger partial charge in [-0.05, 0) is 27.0 Å². The number of likely N-dealkylation sites (N-methyl/N-ethyl adjacent to an activating group) is 1. The number of nitro groups is 1. The summed E-state index contributed by atoms with van der Waals surface area (Å²) in [6, 6.07) is 7.35. The van der Waals surface area contributed by atoms with E-state index >= 15 is 0 Å². The van der Waals surface area contributed by atoms with Gasteiger partial charge < -0.3 is 10.2 Å². The maximum absolute atomic E-state index is 11.0. The molecule has 1 aromatic carbocycles. The molecule has 2 aromatic rings. The van der Waals surface area contributed by atoms with Gasteiger partial charge in [0.05, 0.1) is 4.92 Å². The summed E-state index contributed by atoms with van der Waals surface area (Å²) in [5, 5.41) is 15.2. The second kappa shape index (κ2) is 6.49. The third kappa shape index (κ3) is 3.46. The normalized spacial score (nSPS) is 11.3. The number of pyridine rings is 1. The third-order valence-electron chi connectivity index (χ3n) is 3.61. The first-order chi connectivity index (χ1) is 10.0. The minimum atomic E-state index is -0.397. The van der Waals surface area contributed by atoms with Crippen LogP contribution >= 0.6 is 0 Å². The molecule has 0 saturated heterocycles. The van der Waals surface area contributed by atoms with Crippen molar-refractivity contribution < 1.29 is 4.92 Å². The Labute approximate surface area is 123 Å². The van der Waals surface area contributed by atoms with Crippen LogP contribution in [0.25, 0.3) is 10.9 Å². The number of hydrogen-bond acceptors (Lipinski definition) is 5. The highest BCUT2D eigenvalue weighted by molar-refractivity contribution is 5.96. The van der Waals surface area contributed by atoms with Crippen molar-refractivity contribution in [2.45, 2.75) is 19.9 Å². The van der Waals surface area contributed by atoms with E-state index in [1.54, 1.807) is 12.3 Å². The molecule has 2 rings (SSSR count). The average molecular weight is 288 g/mol. The monoisotopic (exact) mass is 288 g/mol. The minimum absolute atomic E-state index is 0.0375. The molecule has 0 aliphatic heterocycles. The molecule has 1 N–H and O–H groups in total. The highest BCUT2D eigenvalue weighted by Crippen LogP contribution is 2.28. The van der Waals surface area contributed by atoms with E-state index in [1.807, 2.05) is 12.1 Å². The summed E-state index contributed by atoms with van der Waals surface area (Å²) < 4.78 is 0. The zero-order valence-corrected chi connectivity index (χ0v) is 12.5. The number of anilines is 1. The van der Waals surface area contributed by atoms with Crippen LogP contribution < -0.4 is 5.32 Å². The molecule has 0 fully saturated rings. The number of non-ortho nitro benzene ring substituents is 1. The van der Waals surface area contributed by atoms with Crippen molar-refractivity contribution in [2.24, 2.45) is 0 Å². The van der Waals surface area contributed by atoms with Gasteiger partial charge in [0.2, 0.25) is 0 Å². The van der Waals surface area contributed by atoms with Crippen molar-refractivity contribution in [2.75, 3.05) is 25.5 Å². The molecule has 1 heterocycles. The van der Waals surface area contributed by atoms with Gasteiger partial charge in [-0.3, -0.25) is 10.1 Å². The Balaban J connectivity index is 2.21. The predicted octanol–water partition coefficient (Wildman–Crippen LogP) is 2.90. The van der Waals surface area contributed by atoms with Crippen molar-refractivity contribution in [1.82, 2.24) is 9.88 Å². The van der Waals surface area contributed by atoms with Crippen molar-refractivity contribution in [3.63, 3.8) is 0 Å². The molecule has 0 unspecified atom stereocenters. The van der Waals surface area contributed by atoms with Gasteiger partial charge in [0.15, 0.2) is 0 Å². The minimum Gasteiger partial charge on any atom is -0.383 e. The summed E-state index contributed by atoms with van der Waals surface area (Å²) >= 11 is 0. The topological polar surface area (TPSA) is 71.3 Å². The van der Waals surface area contributed by atoms with Gasteiger partial charge in [-0.1, -0.05) is 12.1 Å². The number of rotatable bonds is 6. The zero-order valence-electron chi connectivity index (χ0n) is 12.5. The molecule has 6 nitrogen and oxygen atoms in total. The van der Waals surface area contributed by atoms with Crippen LogP contribution in [0.3, 0.4) is 0 Å². The SMILES string of the molecule is CC(C)N(C)CCNc1ccnc2c([N+](=O)[O-])cccc12. The lowest BCUT2D eigenvalue weighted by molar-refractivity contribution is -0.383. The molecule has 0 aliphatic rings. The van der Waals surface area contributed by atoms with Crippen LogP contribution in [0, 0.1) is 10.1 Å². The lowest BCUT2D eigenvalue weighted by atomic mass is 10.1. The fraction of sp³-hybridized carbons (Fsp3) is 0.400. The zero-order chi connectivity index (χ0) is 15.4. The number of benzene rings is 1. The van der Waals surface area contributed by atoms with Crippen molar-refractivity contribution in [1.29, 1.82) is 0 Å². The number of hydrogen-bond donors (Lipinski definition) is 1. The average Bonchev–Trinajstić information content (AvgIpc) is 2.46. The number of aromatic nitrogens is 1. The van der Waals surface area contributed by atoms with Gasteiger partial charge >= 0.3 is 0 Å². The van der Waals surface area contributed by atoms with Gasteiger partial charge in [-0.2, -0.15) is 0 Å². The van der Waals surface area contributed by atoms with E-state index in [0.717, 1.165) is 24.2 Å². The molecule has 0 spiro atoms. The predicted molar refractivity (Wildman–Crippen MR) is 84.7 cm³/mol. The van der Waals surface area contributed by atoms with Crippen LogP contribution in [0.15, 0.2) is 30.5 Å². The molecule has 112 valence electrons. The molecule has 21 heavy (non-hydrogen) atoms. The van der Waals surface area contributed by atoms with E-state index in [1.165, 1.54) is 6.07 Å². The first-order valence-corrected chi connectivity index (χ1v) is 6.97. The highest BCUT2D eigenvalue weighted by Gasteiger charge is 2.14. The number of para-hydroxylation sites is 1. The Kier molecular flexibility index (Phi) is 4.70. The summed E-state index contributed by atoms with van der Waals surface area (Å²) in [4.78, 5) is 17.0. The quantitative estimate of drug-likeness (QED) is 0.653. The molecular weight excluding hydrogens is 268 g/mol. The Bertz CT molecular complexity index is 643. The van der Waals surface area contributed by atoms with E-state index in [2.05, 4.69) is 36.1 Å². The van der Waals surface area contributed by atoms with Crippen LogP contribution in [0.2, 0.25) is 0 Å². The summed E-state index contributed by atoms with van der Waals surface area (Å²) in [5.74, 6) is 0. The van der Waals surface area contributed by atoms with Crippen LogP contribution in [0.4, 0.5) is 11.4 Å². The molecule has 0 atom stereocenters. The second-order valence-electron chi connectivity index (χ2n) is 5.29. The maximum Gasteiger partial charge on any atom is 0.295 e. The van der Waals surface area contributed by atoms with Crippen molar-refractivity contribution in [3.8, 4) is 0 Å². The van der Waals surface area contributed by atoms with Gasteiger partial charge in [-0.15, -0.1) is 0 Å². The number of nitrogens with zero attached hydrogens (tertiary/aromatic N) is 3. The standard InChI is InChI=1S/C15H20N4O2/c1-11(2)18(3)10-9-16-13-7-8-17-15-12(13)5-4-6-14(15)19(20)21/h4-8,11H,9-10H2,1-3H3,(H,16,17). The smallest absolute Gasteiger partial charge is 0.295 e. The van der Waals surface area contributed by atoms with Gasteiger partial charge in [0.1, 0.15) is 5.52 Å². The third-order valence-corrected chi connectivity index (χ3v) is 3.61.